The number of methoxy groups -OCH3 is 1. The molecule has 3 rings (SSSR count). The fourth-order valence-electron chi connectivity index (χ4n) is 2.58. The van der Waals surface area contributed by atoms with Gasteiger partial charge in [-0.2, -0.15) is 0 Å². The average molecular weight is 494 g/mol. The Kier molecular flexibility index (Phi) is 6.79. The lowest BCUT2D eigenvalue weighted by atomic mass is 10.2. The first-order chi connectivity index (χ1) is 13.9. The summed E-state index contributed by atoms with van der Waals surface area (Å²) in [6, 6.07) is 16.6. The molecule has 2 N–H and O–H groups in total. The summed E-state index contributed by atoms with van der Waals surface area (Å²) in [6.07, 6.45) is 0. The predicted octanol–water partition coefficient (Wildman–Crippen LogP) is 6.27. The number of anilines is 2. The van der Waals surface area contributed by atoms with Gasteiger partial charge in [-0.1, -0.05) is 51.3 Å². The van der Waals surface area contributed by atoms with Crippen molar-refractivity contribution < 1.29 is 14.3 Å². The van der Waals surface area contributed by atoms with Gasteiger partial charge in [-0.3, -0.25) is 9.59 Å². The van der Waals surface area contributed by atoms with Crippen LogP contribution in [0.2, 0.25) is 10.0 Å². The van der Waals surface area contributed by atoms with Gasteiger partial charge in [0.1, 0.15) is 5.75 Å². The van der Waals surface area contributed by atoms with Gasteiger partial charge in [0.2, 0.25) is 0 Å². The number of halogens is 3. The summed E-state index contributed by atoms with van der Waals surface area (Å²) < 4.78 is 6.09. The highest BCUT2D eigenvalue weighted by Crippen LogP contribution is 2.30. The predicted molar refractivity (Wildman–Crippen MR) is 120 cm³/mol. The molecule has 148 valence electrons. The van der Waals surface area contributed by atoms with E-state index in [-0.39, 0.29) is 11.8 Å². The lowest BCUT2D eigenvalue weighted by molar-refractivity contribution is 0.101. The van der Waals surface area contributed by atoms with E-state index in [1.54, 1.807) is 60.7 Å². The molecule has 0 saturated heterocycles. The molecular formula is C21H15BrCl2N2O3. The first-order valence-corrected chi connectivity index (χ1v) is 9.94. The second-order valence-corrected chi connectivity index (χ2v) is 7.66. The smallest absolute Gasteiger partial charge is 0.257 e. The van der Waals surface area contributed by atoms with Gasteiger partial charge < -0.3 is 15.4 Å². The lowest BCUT2D eigenvalue weighted by Crippen LogP contribution is -2.14. The Labute approximate surface area is 186 Å². The molecule has 0 saturated carbocycles. The molecule has 0 aliphatic heterocycles. The monoisotopic (exact) mass is 492 g/mol. The molecule has 0 aromatic heterocycles. The number of hydrogen-bond donors (Lipinski definition) is 2. The van der Waals surface area contributed by atoms with Crippen LogP contribution in [0.25, 0.3) is 0 Å². The third kappa shape index (κ3) is 5.09. The van der Waals surface area contributed by atoms with Gasteiger partial charge >= 0.3 is 0 Å². The first kappa shape index (κ1) is 21.2. The molecule has 0 aliphatic rings. The van der Waals surface area contributed by atoms with E-state index in [1.165, 1.54) is 7.11 Å². The van der Waals surface area contributed by atoms with E-state index in [2.05, 4.69) is 26.6 Å². The zero-order chi connectivity index (χ0) is 21.0. The Hall–Kier alpha value is -2.54. The van der Waals surface area contributed by atoms with Crippen LogP contribution in [-0.4, -0.2) is 18.9 Å². The van der Waals surface area contributed by atoms with Crippen LogP contribution in [0.3, 0.4) is 0 Å². The second-order valence-electron chi connectivity index (χ2n) is 5.93. The average Bonchev–Trinajstić information content (AvgIpc) is 2.71. The van der Waals surface area contributed by atoms with Crippen LogP contribution in [-0.2, 0) is 0 Å². The Morgan fingerprint density at radius 1 is 0.862 bits per heavy atom. The first-order valence-electron chi connectivity index (χ1n) is 8.39. The minimum atomic E-state index is -0.369. The van der Waals surface area contributed by atoms with Crippen molar-refractivity contribution in [3.63, 3.8) is 0 Å². The summed E-state index contributed by atoms with van der Waals surface area (Å²) >= 11 is 15.5. The van der Waals surface area contributed by atoms with Crippen LogP contribution in [0.4, 0.5) is 11.4 Å². The summed E-state index contributed by atoms with van der Waals surface area (Å²) in [5.74, 6) is -0.360. The maximum atomic E-state index is 12.5. The molecule has 0 spiro atoms. The topological polar surface area (TPSA) is 67.4 Å². The number of ether oxygens (including phenoxy) is 1. The fourth-order valence-corrected chi connectivity index (χ4v) is 3.36. The minimum Gasteiger partial charge on any atom is -0.494 e. The normalized spacial score (nSPS) is 10.3. The number of benzene rings is 3. The van der Waals surface area contributed by atoms with Crippen LogP contribution >= 0.6 is 39.1 Å². The van der Waals surface area contributed by atoms with Gasteiger partial charge in [0.05, 0.1) is 34.0 Å². The van der Waals surface area contributed by atoms with Gasteiger partial charge in [-0.15, -0.1) is 0 Å². The standard InChI is InChI=1S/C21H15BrCl2N2O3/c1-29-19-11-13(25-21(28)15-10-12(22)6-8-17(15)24)7-9-18(19)26-20(27)14-4-2-3-5-16(14)23/h2-11H,1H3,(H,25,28)(H,26,27). The van der Waals surface area contributed by atoms with Gasteiger partial charge in [0, 0.05) is 16.2 Å². The Morgan fingerprint density at radius 2 is 1.55 bits per heavy atom. The van der Waals surface area contributed by atoms with Crippen molar-refractivity contribution in [3.05, 3.63) is 86.3 Å². The van der Waals surface area contributed by atoms with E-state index in [0.29, 0.717) is 38.3 Å². The van der Waals surface area contributed by atoms with Crippen molar-refractivity contribution in [1.29, 1.82) is 0 Å². The molecule has 5 nitrogen and oxygen atoms in total. The van der Waals surface area contributed by atoms with E-state index >= 15 is 0 Å². The number of amides is 2. The third-order valence-electron chi connectivity index (χ3n) is 4.00. The number of rotatable bonds is 5. The summed E-state index contributed by atoms with van der Waals surface area (Å²) in [5, 5.41) is 6.20. The maximum Gasteiger partial charge on any atom is 0.257 e. The van der Waals surface area contributed by atoms with Crippen molar-refractivity contribution in [2.24, 2.45) is 0 Å². The van der Waals surface area contributed by atoms with Crippen LogP contribution in [0, 0.1) is 0 Å². The molecule has 0 bridgehead atoms. The van der Waals surface area contributed by atoms with Crippen molar-refractivity contribution in [2.45, 2.75) is 0 Å². The Bertz CT molecular complexity index is 1090. The van der Waals surface area contributed by atoms with Gasteiger partial charge in [0.25, 0.3) is 11.8 Å². The second kappa shape index (κ2) is 9.31. The summed E-state index contributed by atoms with van der Waals surface area (Å²) in [6.45, 7) is 0. The van der Waals surface area contributed by atoms with Crippen LogP contribution in [0.5, 0.6) is 5.75 Å². The number of carbonyl (C=O) groups is 2. The number of nitrogens with one attached hydrogen (secondary N) is 2. The van der Waals surface area contributed by atoms with Crippen molar-refractivity contribution in [2.75, 3.05) is 17.7 Å². The highest BCUT2D eigenvalue weighted by atomic mass is 79.9. The van der Waals surface area contributed by atoms with E-state index in [0.717, 1.165) is 4.47 Å². The largest absolute Gasteiger partial charge is 0.494 e. The minimum absolute atomic E-state index is 0.330. The maximum absolute atomic E-state index is 12.5. The number of hydrogen-bond acceptors (Lipinski definition) is 3. The van der Waals surface area contributed by atoms with Crippen molar-refractivity contribution in [3.8, 4) is 5.75 Å². The molecule has 0 heterocycles. The lowest BCUT2D eigenvalue weighted by Gasteiger charge is -2.13. The number of carbonyl (C=O) groups excluding carboxylic acids is 2. The van der Waals surface area contributed by atoms with E-state index in [1.807, 2.05) is 0 Å². The zero-order valence-corrected chi connectivity index (χ0v) is 18.2. The van der Waals surface area contributed by atoms with Crippen LogP contribution in [0.15, 0.2) is 65.1 Å². The van der Waals surface area contributed by atoms with Crippen LogP contribution < -0.4 is 15.4 Å². The molecular weight excluding hydrogens is 479 g/mol. The van der Waals surface area contributed by atoms with E-state index < -0.39 is 0 Å². The molecule has 0 unspecified atom stereocenters. The Morgan fingerprint density at radius 3 is 2.28 bits per heavy atom. The molecule has 3 aromatic carbocycles. The van der Waals surface area contributed by atoms with E-state index in [4.69, 9.17) is 27.9 Å². The summed E-state index contributed by atoms with van der Waals surface area (Å²) in [5.41, 5.74) is 1.60. The van der Waals surface area contributed by atoms with Crippen molar-refractivity contribution in [1.82, 2.24) is 0 Å². The van der Waals surface area contributed by atoms with Crippen LogP contribution in [0.1, 0.15) is 20.7 Å². The quantitative estimate of drug-likeness (QED) is 0.440. The summed E-state index contributed by atoms with van der Waals surface area (Å²) in [4.78, 5) is 25.0. The van der Waals surface area contributed by atoms with Gasteiger partial charge in [-0.05, 0) is 42.5 Å². The Balaban J connectivity index is 1.80. The molecule has 0 radical (unpaired) electrons. The molecule has 8 heteroatoms. The van der Waals surface area contributed by atoms with Crippen molar-refractivity contribution >= 4 is 62.3 Å². The zero-order valence-electron chi connectivity index (χ0n) is 15.1. The highest BCUT2D eigenvalue weighted by Gasteiger charge is 2.15. The highest BCUT2D eigenvalue weighted by molar-refractivity contribution is 9.10. The summed E-state index contributed by atoms with van der Waals surface area (Å²) in [7, 11) is 1.47. The SMILES string of the molecule is COc1cc(NC(=O)c2cc(Br)ccc2Cl)ccc1NC(=O)c1ccccc1Cl. The molecule has 0 fully saturated rings. The third-order valence-corrected chi connectivity index (χ3v) is 5.15. The molecule has 3 aromatic rings. The van der Waals surface area contributed by atoms with Gasteiger partial charge in [0.15, 0.2) is 0 Å². The fraction of sp³-hybridized carbons (Fsp3) is 0.0476. The molecule has 0 atom stereocenters. The van der Waals surface area contributed by atoms with Gasteiger partial charge in [-0.25, -0.2) is 0 Å². The van der Waals surface area contributed by atoms with E-state index in [9.17, 15) is 9.59 Å². The molecule has 2 amide bonds. The molecule has 0 aliphatic carbocycles. The molecule has 29 heavy (non-hydrogen) atoms.